The largest absolute Gasteiger partial charge is 0.497 e. The molecule has 8 heteroatoms. The van der Waals surface area contributed by atoms with Crippen molar-refractivity contribution < 1.29 is 13.9 Å². The molecule has 148 valence electrons. The predicted molar refractivity (Wildman–Crippen MR) is 108 cm³/mol. The molecule has 3 rings (SSSR count). The van der Waals surface area contributed by atoms with E-state index in [2.05, 4.69) is 10.2 Å². The van der Waals surface area contributed by atoms with Crippen LogP contribution in [0.1, 0.15) is 25.5 Å². The summed E-state index contributed by atoms with van der Waals surface area (Å²) in [7, 11) is 3.45. The lowest BCUT2D eigenvalue weighted by Gasteiger charge is -2.25. The molecule has 1 aromatic carbocycles. The van der Waals surface area contributed by atoms with Crippen molar-refractivity contribution in [2.24, 2.45) is 0 Å². The molecule has 7 nitrogen and oxygen atoms in total. The van der Waals surface area contributed by atoms with E-state index in [1.165, 1.54) is 11.8 Å². The molecule has 28 heavy (non-hydrogen) atoms. The highest BCUT2D eigenvalue weighted by molar-refractivity contribution is 7.99. The Morgan fingerprint density at radius 3 is 2.64 bits per heavy atom. The summed E-state index contributed by atoms with van der Waals surface area (Å²) in [6.07, 6.45) is 1.61. The number of hydrogen-bond acceptors (Lipinski definition) is 6. The van der Waals surface area contributed by atoms with Gasteiger partial charge < -0.3 is 14.1 Å². The van der Waals surface area contributed by atoms with Crippen LogP contribution in [0.4, 0.5) is 0 Å². The molecule has 2 heterocycles. The molecule has 0 radical (unpaired) electrons. The minimum atomic E-state index is -0.0401. The lowest BCUT2D eigenvalue weighted by Crippen LogP contribution is -2.31. The molecule has 0 bridgehead atoms. The van der Waals surface area contributed by atoms with Gasteiger partial charge in [0.25, 0.3) is 0 Å². The SMILES string of the molecule is CCn1c(SCC(=O)N(C)C(C)c2ccc(OC)cc2)nnc1-c1ccco1. The van der Waals surface area contributed by atoms with Gasteiger partial charge in [-0.2, -0.15) is 0 Å². The van der Waals surface area contributed by atoms with Gasteiger partial charge in [0, 0.05) is 13.6 Å². The van der Waals surface area contributed by atoms with Gasteiger partial charge in [-0.1, -0.05) is 23.9 Å². The number of nitrogens with zero attached hydrogens (tertiary/aromatic N) is 4. The Bertz CT molecular complexity index is 906. The number of carbonyl (C=O) groups excluding carboxylic acids is 1. The fraction of sp³-hybridized carbons (Fsp3) is 0.350. The Morgan fingerprint density at radius 2 is 2.04 bits per heavy atom. The summed E-state index contributed by atoms with van der Waals surface area (Å²) < 4.78 is 12.6. The van der Waals surface area contributed by atoms with E-state index in [0.29, 0.717) is 23.3 Å². The quantitative estimate of drug-likeness (QED) is 0.534. The van der Waals surface area contributed by atoms with Gasteiger partial charge in [0.05, 0.1) is 25.2 Å². The van der Waals surface area contributed by atoms with Crippen molar-refractivity contribution in [2.45, 2.75) is 31.6 Å². The lowest BCUT2D eigenvalue weighted by molar-refractivity contribution is -0.128. The van der Waals surface area contributed by atoms with Gasteiger partial charge in [0.15, 0.2) is 16.7 Å². The third-order valence-corrected chi connectivity index (χ3v) is 5.62. The number of carbonyl (C=O) groups is 1. The van der Waals surface area contributed by atoms with Crippen molar-refractivity contribution in [3.05, 3.63) is 48.2 Å². The van der Waals surface area contributed by atoms with Crippen LogP contribution < -0.4 is 4.74 Å². The number of thioether (sulfide) groups is 1. The maximum atomic E-state index is 12.7. The van der Waals surface area contributed by atoms with Crippen molar-refractivity contribution in [3.63, 3.8) is 0 Å². The standard InChI is InChI=1S/C20H24N4O3S/c1-5-24-19(17-7-6-12-27-17)21-22-20(24)28-13-18(25)23(3)14(2)15-8-10-16(26-4)11-9-15/h6-12,14H,5,13H2,1-4H3. The van der Waals surface area contributed by atoms with E-state index >= 15 is 0 Å². The van der Waals surface area contributed by atoms with Gasteiger partial charge in [0.1, 0.15) is 5.75 Å². The molecule has 1 unspecified atom stereocenters. The van der Waals surface area contributed by atoms with E-state index in [4.69, 9.17) is 9.15 Å². The summed E-state index contributed by atoms with van der Waals surface area (Å²) in [5.41, 5.74) is 1.05. The van der Waals surface area contributed by atoms with Crippen LogP contribution in [-0.2, 0) is 11.3 Å². The third-order valence-electron chi connectivity index (χ3n) is 4.67. The molecular weight excluding hydrogens is 376 g/mol. The summed E-state index contributed by atoms with van der Waals surface area (Å²) >= 11 is 1.38. The first-order valence-corrected chi connectivity index (χ1v) is 10.0. The lowest BCUT2D eigenvalue weighted by atomic mass is 10.1. The molecule has 1 atom stereocenters. The van der Waals surface area contributed by atoms with Crippen LogP contribution in [0.5, 0.6) is 5.75 Å². The number of ether oxygens (including phenoxy) is 1. The average molecular weight is 401 g/mol. The Hall–Kier alpha value is -2.74. The van der Waals surface area contributed by atoms with Gasteiger partial charge in [-0.15, -0.1) is 10.2 Å². The minimum absolute atomic E-state index is 0.0264. The van der Waals surface area contributed by atoms with Gasteiger partial charge in [-0.3, -0.25) is 9.36 Å². The van der Waals surface area contributed by atoms with Gasteiger partial charge in [0.2, 0.25) is 5.91 Å². The van der Waals surface area contributed by atoms with Crippen molar-refractivity contribution in [3.8, 4) is 17.3 Å². The van der Waals surface area contributed by atoms with Crippen LogP contribution in [0, 0.1) is 0 Å². The summed E-state index contributed by atoms with van der Waals surface area (Å²) in [6, 6.07) is 11.4. The molecule has 0 aliphatic carbocycles. The van der Waals surface area contributed by atoms with Crippen molar-refractivity contribution in [2.75, 3.05) is 19.9 Å². The van der Waals surface area contributed by atoms with E-state index in [1.807, 2.05) is 61.9 Å². The summed E-state index contributed by atoms with van der Waals surface area (Å²) in [6.45, 7) is 4.71. The van der Waals surface area contributed by atoms with E-state index in [-0.39, 0.29) is 17.7 Å². The smallest absolute Gasteiger partial charge is 0.233 e. The van der Waals surface area contributed by atoms with E-state index < -0.39 is 0 Å². The normalized spacial score (nSPS) is 12.0. The molecule has 0 saturated heterocycles. The fourth-order valence-corrected chi connectivity index (χ4v) is 3.74. The molecule has 2 aromatic heterocycles. The van der Waals surface area contributed by atoms with E-state index in [9.17, 15) is 4.79 Å². The summed E-state index contributed by atoms with van der Waals surface area (Å²) in [5, 5.41) is 9.14. The number of amides is 1. The van der Waals surface area contributed by atoms with Gasteiger partial charge in [-0.05, 0) is 43.7 Å². The maximum Gasteiger partial charge on any atom is 0.233 e. The molecule has 0 aliphatic heterocycles. The van der Waals surface area contributed by atoms with Crippen LogP contribution in [0.3, 0.4) is 0 Å². The Balaban J connectivity index is 1.64. The van der Waals surface area contributed by atoms with E-state index in [1.54, 1.807) is 18.3 Å². The van der Waals surface area contributed by atoms with Crippen LogP contribution >= 0.6 is 11.8 Å². The highest BCUT2D eigenvalue weighted by Crippen LogP contribution is 2.26. The number of benzene rings is 1. The number of furan rings is 1. The second kappa shape index (κ2) is 8.97. The third kappa shape index (κ3) is 4.22. The van der Waals surface area contributed by atoms with E-state index in [0.717, 1.165) is 11.3 Å². The molecule has 0 aliphatic rings. The Kier molecular flexibility index (Phi) is 6.41. The van der Waals surface area contributed by atoms with Gasteiger partial charge in [-0.25, -0.2) is 0 Å². The topological polar surface area (TPSA) is 73.4 Å². The van der Waals surface area contributed by atoms with Crippen molar-refractivity contribution >= 4 is 17.7 Å². The zero-order valence-electron chi connectivity index (χ0n) is 16.5. The van der Waals surface area contributed by atoms with Crippen LogP contribution in [-0.4, -0.2) is 45.5 Å². The van der Waals surface area contributed by atoms with Crippen LogP contribution in [0.2, 0.25) is 0 Å². The highest BCUT2D eigenvalue weighted by atomic mass is 32.2. The first-order chi connectivity index (χ1) is 13.5. The highest BCUT2D eigenvalue weighted by Gasteiger charge is 2.20. The number of rotatable bonds is 8. The Labute approximate surface area is 168 Å². The van der Waals surface area contributed by atoms with Crippen molar-refractivity contribution in [1.82, 2.24) is 19.7 Å². The zero-order valence-corrected chi connectivity index (χ0v) is 17.3. The molecule has 0 N–H and O–H groups in total. The minimum Gasteiger partial charge on any atom is -0.497 e. The fourth-order valence-electron chi connectivity index (χ4n) is 2.82. The molecule has 0 spiro atoms. The zero-order chi connectivity index (χ0) is 20.1. The first kappa shape index (κ1) is 20.0. The average Bonchev–Trinajstić information content (AvgIpc) is 3.40. The second-order valence-electron chi connectivity index (χ2n) is 6.27. The first-order valence-electron chi connectivity index (χ1n) is 9.04. The van der Waals surface area contributed by atoms with Crippen LogP contribution in [0.25, 0.3) is 11.6 Å². The van der Waals surface area contributed by atoms with Crippen molar-refractivity contribution in [1.29, 1.82) is 0 Å². The summed E-state index contributed by atoms with van der Waals surface area (Å²) in [5.74, 6) is 2.44. The van der Waals surface area contributed by atoms with Crippen LogP contribution in [0.15, 0.2) is 52.2 Å². The number of methoxy groups -OCH3 is 1. The maximum absolute atomic E-state index is 12.7. The molecule has 0 fully saturated rings. The predicted octanol–water partition coefficient (Wildman–Crippen LogP) is 3.88. The molecular formula is C20H24N4O3S. The molecule has 1 amide bonds. The molecule has 0 saturated carbocycles. The summed E-state index contributed by atoms with van der Waals surface area (Å²) in [4.78, 5) is 14.4. The Morgan fingerprint density at radius 1 is 1.29 bits per heavy atom. The number of hydrogen-bond donors (Lipinski definition) is 0. The number of aromatic nitrogens is 3. The van der Waals surface area contributed by atoms with Gasteiger partial charge >= 0.3 is 0 Å². The molecule has 3 aromatic rings. The monoisotopic (exact) mass is 400 g/mol. The second-order valence-corrected chi connectivity index (χ2v) is 7.21.